The van der Waals surface area contributed by atoms with Gasteiger partial charge in [-0.15, -0.1) is 28.1 Å². The molecule has 0 amide bonds. The Labute approximate surface area is 137 Å². The highest BCUT2D eigenvalue weighted by molar-refractivity contribution is 7.98. The van der Waals surface area contributed by atoms with Crippen molar-refractivity contribution in [2.24, 2.45) is 0 Å². The van der Waals surface area contributed by atoms with Gasteiger partial charge in [0, 0.05) is 23.6 Å². The Kier molecular flexibility index (Phi) is 4.65. The maximum Gasteiger partial charge on any atom is 0.191 e. The third kappa shape index (κ3) is 3.41. The SMILES string of the molecule is C=CCn1c(SCc2cscn2)nnc1[C@H]1CCS(=O)(=O)C1. The van der Waals surface area contributed by atoms with Crippen molar-refractivity contribution in [2.45, 2.75) is 29.8 Å². The lowest BCUT2D eigenvalue weighted by Gasteiger charge is -2.10. The van der Waals surface area contributed by atoms with Crippen molar-refractivity contribution in [1.82, 2.24) is 19.7 Å². The fourth-order valence-corrected chi connectivity index (χ4v) is 5.72. The van der Waals surface area contributed by atoms with Gasteiger partial charge in [-0.25, -0.2) is 13.4 Å². The quantitative estimate of drug-likeness (QED) is 0.583. The monoisotopic (exact) mass is 356 g/mol. The molecule has 0 unspecified atom stereocenters. The zero-order chi connectivity index (χ0) is 15.6. The van der Waals surface area contributed by atoms with Gasteiger partial charge in [0.1, 0.15) is 5.82 Å². The van der Waals surface area contributed by atoms with Crippen LogP contribution in [0, 0.1) is 0 Å². The summed E-state index contributed by atoms with van der Waals surface area (Å²) in [6.07, 6.45) is 2.40. The second kappa shape index (κ2) is 6.51. The lowest BCUT2D eigenvalue weighted by Crippen LogP contribution is -2.11. The van der Waals surface area contributed by atoms with E-state index in [0.29, 0.717) is 13.0 Å². The van der Waals surface area contributed by atoms with Crippen molar-refractivity contribution < 1.29 is 8.42 Å². The summed E-state index contributed by atoms with van der Waals surface area (Å²) in [5.41, 5.74) is 2.81. The van der Waals surface area contributed by atoms with Crippen LogP contribution in [0.1, 0.15) is 23.9 Å². The van der Waals surface area contributed by atoms with Gasteiger partial charge in [-0.05, 0) is 6.42 Å². The predicted octanol–water partition coefficient (Wildman–Crippen LogP) is 2.11. The van der Waals surface area contributed by atoms with Crippen molar-refractivity contribution in [1.29, 1.82) is 0 Å². The van der Waals surface area contributed by atoms with Gasteiger partial charge in [-0.1, -0.05) is 17.8 Å². The molecule has 0 spiro atoms. The van der Waals surface area contributed by atoms with Crippen molar-refractivity contribution in [3.63, 3.8) is 0 Å². The number of rotatable bonds is 6. The first kappa shape index (κ1) is 15.7. The summed E-state index contributed by atoms with van der Waals surface area (Å²) in [5, 5.41) is 11.3. The number of aromatic nitrogens is 4. The van der Waals surface area contributed by atoms with Crippen molar-refractivity contribution >= 4 is 32.9 Å². The lowest BCUT2D eigenvalue weighted by molar-refractivity contribution is 0.597. The van der Waals surface area contributed by atoms with Gasteiger partial charge in [0.25, 0.3) is 0 Å². The summed E-state index contributed by atoms with van der Waals surface area (Å²) in [6, 6.07) is 0. The van der Waals surface area contributed by atoms with E-state index in [1.807, 2.05) is 9.95 Å². The summed E-state index contributed by atoms with van der Waals surface area (Å²) in [5.74, 6) is 1.81. The average molecular weight is 356 g/mol. The van der Waals surface area contributed by atoms with E-state index in [1.54, 1.807) is 34.7 Å². The first-order valence-electron chi connectivity index (χ1n) is 6.83. The van der Waals surface area contributed by atoms with Crippen molar-refractivity contribution in [3.05, 3.63) is 35.1 Å². The van der Waals surface area contributed by atoms with Crippen molar-refractivity contribution in [2.75, 3.05) is 11.5 Å². The van der Waals surface area contributed by atoms with Crippen molar-refractivity contribution in [3.8, 4) is 0 Å². The molecule has 1 saturated heterocycles. The second-order valence-electron chi connectivity index (χ2n) is 5.11. The van der Waals surface area contributed by atoms with E-state index in [1.165, 1.54) is 0 Å². The standard InChI is InChI=1S/C13H16N4O2S3/c1-2-4-17-12(10-3-5-22(18,19)8-10)15-16-13(17)21-7-11-6-20-9-14-11/h2,6,9-10H,1,3-5,7-8H2/t10-/m0/s1. The molecule has 1 fully saturated rings. The van der Waals surface area contributed by atoms with Crippen LogP contribution in [0.3, 0.4) is 0 Å². The molecule has 1 aliphatic rings. The maximum atomic E-state index is 11.7. The number of sulfone groups is 1. The molecule has 0 aromatic carbocycles. The molecular weight excluding hydrogens is 340 g/mol. The van der Waals surface area contributed by atoms with Crippen LogP contribution in [-0.2, 0) is 22.1 Å². The molecule has 6 nitrogen and oxygen atoms in total. The Morgan fingerprint density at radius 3 is 3.00 bits per heavy atom. The number of thiazole rings is 1. The third-order valence-corrected chi connectivity index (χ3v) is 6.89. The van der Waals surface area contributed by atoms with Crippen LogP contribution < -0.4 is 0 Å². The van der Waals surface area contributed by atoms with Crippen LogP contribution >= 0.6 is 23.1 Å². The van der Waals surface area contributed by atoms with Crippen LogP contribution in [0.2, 0.25) is 0 Å². The molecule has 0 saturated carbocycles. The lowest BCUT2D eigenvalue weighted by atomic mass is 10.1. The minimum absolute atomic E-state index is 0.0638. The van der Waals surface area contributed by atoms with Crippen LogP contribution in [0.25, 0.3) is 0 Å². The molecule has 3 rings (SSSR count). The molecule has 0 bridgehead atoms. The van der Waals surface area contributed by atoms with Gasteiger partial charge in [-0.3, -0.25) is 0 Å². The largest absolute Gasteiger partial charge is 0.302 e. The zero-order valence-corrected chi connectivity index (χ0v) is 14.3. The Hall–Kier alpha value is -1.19. The van der Waals surface area contributed by atoms with Crippen LogP contribution in [0.4, 0.5) is 0 Å². The summed E-state index contributed by atoms with van der Waals surface area (Å²) in [4.78, 5) is 4.25. The van der Waals surface area contributed by atoms with Crippen LogP contribution in [0.5, 0.6) is 0 Å². The first-order valence-corrected chi connectivity index (χ1v) is 10.6. The molecule has 22 heavy (non-hydrogen) atoms. The van der Waals surface area contributed by atoms with E-state index in [-0.39, 0.29) is 17.4 Å². The minimum atomic E-state index is -2.94. The Bertz CT molecular complexity index is 752. The van der Waals surface area contributed by atoms with E-state index in [4.69, 9.17) is 0 Å². The number of allylic oxidation sites excluding steroid dienone is 1. The highest BCUT2D eigenvalue weighted by Crippen LogP contribution is 2.30. The third-order valence-electron chi connectivity index (χ3n) is 3.49. The molecule has 118 valence electrons. The molecule has 0 N–H and O–H groups in total. The van der Waals surface area contributed by atoms with Gasteiger partial charge in [-0.2, -0.15) is 0 Å². The number of thioether (sulfide) groups is 1. The smallest absolute Gasteiger partial charge is 0.191 e. The molecule has 9 heteroatoms. The van der Waals surface area contributed by atoms with E-state index < -0.39 is 9.84 Å². The van der Waals surface area contributed by atoms with Crippen LogP contribution in [0.15, 0.2) is 28.7 Å². The Morgan fingerprint density at radius 1 is 1.50 bits per heavy atom. The fourth-order valence-electron chi connectivity index (χ4n) is 2.46. The molecule has 0 aliphatic carbocycles. The summed E-state index contributed by atoms with van der Waals surface area (Å²) >= 11 is 3.12. The van der Waals surface area contributed by atoms with Gasteiger partial charge in [0.2, 0.25) is 0 Å². The molecule has 2 aromatic heterocycles. The van der Waals surface area contributed by atoms with Gasteiger partial charge in [0.15, 0.2) is 15.0 Å². The highest BCUT2D eigenvalue weighted by Gasteiger charge is 2.33. The normalized spacial score (nSPS) is 20.3. The van der Waals surface area contributed by atoms with E-state index >= 15 is 0 Å². The number of hydrogen-bond acceptors (Lipinski definition) is 7. The first-order chi connectivity index (χ1) is 10.6. The Balaban J connectivity index is 1.80. The molecule has 3 heterocycles. The fraction of sp³-hybridized carbons (Fsp3) is 0.462. The minimum Gasteiger partial charge on any atom is -0.302 e. The predicted molar refractivity (Wildman–Crippen MR) is 87.9 cm³/mol. The number of nitrogens with zero attached hydrogens (tertiary/aromatic N) is 4. The van der Waals surface area contributed by atoms with E-state index in [0.717, 1.165) is 22.4 Å². The summed E-state index contributed by atoms with van der Waals surface area (Å²) < 4.78 is 25.3. The average Bonchev–Trinajstić information content (AvgIpc) is 3.17. The molecule has 1 atom stereocenters. The summed E-state index contributed by atoms with van der Waals surface area (Å²) in [6.45, 7) is 4.35. The van der Waals surface area contributed by atoms with Gasteiger partial charge < -0.3 is 4.57 Å². The highest BCUT2D eigenvalue weighted by atomic mass is 32.2. The molecule has 0 radical (unpaired) electrons. The van der Waals surface area contributed by atoms with E-state index in [9.17, 15) is 8.42 Å². The molecular formula is C13H16N4O2S3. The zero-order valence-electron chi connectivity index (χ0n) is 11.9. The molecule has 2 aromatic rings. The maximum absolute atomic E-state index is 11.7. The van der Waals surface area contributed by atoms with Gasteiger partial charge >= 0.3 is 0 Å². The van der Waals surface area contributed by atoms with Crippen LogP contribution in [-0.4, -0.2) is 39.7 Å². The summed E-state index contributed by atoms with van der Waals surface area (Å²) in [7, 11) is -2.94. The van der Waals surface area contributed by atoms with Gasteiger partial charge in [0.05, 0.1) is 22.7 Å². The van der Waals surface area contributed by atoms with E-state index in [2.05, 4.69) is 21.8 Å². The second-order valence-corrected chi connectivity index (χ2v) is 9.00. The topological polar surface area (TPSA) is 77.7 Å². The molecule has 1 aliphatic heterocycles. The Morgan fingerprint density at radius 2 is 2.36 bits per heavy atom. The number of hydrogen-bond donors (Lipinski definition) is 0.